The van der Waals surface area contributed by atoms with Crippen molar-refractivity contribution in [2.24, 2.45) is 0 Å². The van der Waals surface area contributed by atoms with Gasteiger partial charge < -0.3 is 5.11 Å². The van der Waals surface area contributed by atoms with Gasteiger partial charge in [0.2, 0.25) is 4.69 Å². The molecule has 0 amide bonds. The third-order valence-corrected chi connectivity index (χ3v) is 2.39. The summed E-state index contributed by atoms with van der Waals surface area (Å²) in [5.74, 6) is 1.19. The molecule has 1 aromatic carbocycles. The molecule has 1 aromatic rings. The highest BCUT2D eigenvalue weighted by Gasteiger charge is 2.16. The van der Waals surface area contributed by atoms with E-state index in [0.717, 1.165) is 0 Å². The van der Waals surface area contributed by atoms with Gasteiger partial charge in [-0.15, -0.1) is 6.42 Å². The first-order valence-corrected chi connectivity index (χ1v) is 4.81. The van der Waals surface area contributed by atoms with Crippen molar-refractivity contribution in [3.63, 3.8) is 0 Å². The van der Waals surface area contributed by atoms with Crippen LogP contribution in [-0.4, -0.2) is 15.8 Å². The molecule has 0 fully saturated rings. The minimum absolute atomic E-state index is 0.0876. The van der Waals surface area contributed by atoms with Gasteiger partial charge in [-0.05, 0) is 40.5 Å². The second-order valence-corrected chi connectivity index (χ2v) is 3.66. The molecule has 0 aliphatic rings. The summed E-state index contributed by atoms with van der Waals surface area (Å²) >= 11 is 2.73. The zero-order chi connectivity index (χ0) is 11.6. The lowest BCUT2D eigenvalue weighted by Gasteiger charge is -2.05. The molecule has 0 aromatic heterocycles. The van der Waals surface area contributed by atoms with E-state index in [1.54, 1.807) is 6.92 Å². The fourth-order valence-corrected chi connectivity index (χ4v) is 1.53. The minimum Gasteiger partial charge on any atom is -0.478 e. The van der Waals surface area contributed by atoms with E-state index in [-0.39, 0.29) is 11.1 Å². The molecule has 0 aliphatic heterocycles. The number of carboxylic acid groups (broad SMARTS) is 1. The number of halogens is 1. The highest BCUT2D eigenvalue weighted by atomic mass is 79.9. The van der Waals surface area contributed by atoms with E-state index < -0.39 is 10.7 Å². The van der Waals surface area contributed by atoms with Crippen LogP contribution < -0.4 is 0 Å². The van der Waals surface area contributed by atoms with Crippen molar-refractivity contribution in [2.75, 3.05) is 0 Å². The Bertz CT molecular complexity index is 483. The van der Waals surface area contributed by atoms with Crippen LogP contribution in [0.4, 0.5) is 0 Å². The van der Waals surface area contributed by atoms with Gasteiger partial charge in [0.15, 0.2) is 0 Å². The Labute approximate surface area is 95.2 Å². The minimum atomic E-state index is -1.17. The monoisotopic (exact) mass is 266 g/mol. The summed E-state index contributed by atoms with van der Waals surface area (Å²) in [6.07, 6.45) is 5.21. The van der Waals surface area contributed by atoms with Gasteiger partial charge in [0.1, 0.15) is 0 Å². The van der Waals surface area contributed by atoms with Gasteiger partial charge in [0, 0.05) is 11.1 Å². The third kappa shape index (κ3) is 2.25. The Morgan fingerprint density at radius 2 is 2.00 bits per heavy atom. The summed E-state index contributed by atoms with van der Waals surface area (Å²) in [7, 11) is 0. The topological polar surface area (TPSA) is 54.4 Å². The number of aromatic carboxylic acids is 1. The van der Waals surface area contributed by atoms with Gasteiger partial charge in [-0.25, -0.2) is 4.79 Å². The first kappa shape index (κ1) is 11.5. The maximum absolute atomic E-state index is 11.1. The van der Waals surface area contributed by atoms with Crippen LogP contribution in [0.2, 0.25) is 0 Å². The van der Waals surface area contributed by atoms with Crippen molar-refractivity contribution < 1.29 is 14.7 Å². The molecular formula is C11H7BrO3. The fourth-order valence-electron chi connectivity index (χ4n) is 1.20. The third-order valence-electron chi connectivity index (χ3n) is 1.96. The molecule has 0 spiro atoms. The second-order valence-electron chi connectivity index (χ2n) is 2.94. The van der Waals surface area contributed by atoms with E-state index in [2.05, 4.69) is 21.9 Å². The molecule has 1 N–H and O–H groups in total. The summed E-state index contributed by atoms with van der Waals surface area (Å²) in [6.45, 7) is 1.72. The SMILES string of the molecule is C#Cc1cc(C(=O)O)c(C(=O)Br)cc1C. The number of aryl methyl sites for hydroxylation is 1. The number of terminal acetylenes is 1. The average molecular weight is 267 g/mol. The molecule has 76 valence electrons. The van der Waals surface area contributed by atoms with Crippen LogP contribution in [0.25, 0.3) is 0 Å². The molecule has 0 unspecified atom stereocenters. The van der Waals surface area contributed by atoms with Crippen molar-refractivity contribution in [3.05, 3.63) is 34.4 Å². The Kier molecular flexibility index (Phi) is 3.28. The second kappa shape index (κ2) is 4.28. The Morgan fingerprint density at radius 3 is 2.40 bits per heavy atom. The molecule has 0 heterocycles. The van der Waals surface area contributed by atoms with Gasteiger partial charge in [-0.2, -0.15) is 0 Å². The first-order valence-electron chi connectivity index (χ1n) is 4.01. The molecule has 0 bridgehead atoms. The van der Waals surface area contributed by atoms with Gasteiger partial charge in [-0.1, -0.05) is 5.92 Å². The zero-order valence-corrected chi connectivity index (χ0v) is 9.46. The predicted molar refractivity (Wildman–Crippen MR) is 59.3 cm³/mol. The van der Waals surface area contributed by atoms with Crippen molar-refractivity contribution in [1.29, 1.82) is 0 Å². The van der Waals surface area contributed by atoms with Crippen LogP contribution in [-0.2, 0) is 0 Å². The van der Waals surface area contributed by atoms with E-state index in [0.29, 0.717) is 11.1 Å². The number of hydrogen-bond acceptors (Lipinski definition) is 2. The van der Waals surface area contributed by atoms with Crippen LogP contribution in [0.3, 0.4) is 0 Å². The largest absolute Gasteiger partial charge is 0.478 e. The maximum atomic E-state index is 11.1. The molecule has 3 nitrogen and oxygen atoms in total. The highest BCUT2D eigenvalue weighted by Crippen LogP contribution is 2.18. The summed E-state index contributed by atoms with van der Waals surface area (Å²) < 4.78 is -0.466. The molecule has 4 heteroatoms. The standard InChI is InChI=1S/C11H7BrO3/c1-3-7-5-9(11(14)15)8(10(12)13)4-6(7)2/h1,4-5H,2H3,(H,14,15). The number of carbonyl (C=O) groups excluding carboxylic acids is 1. The van der Waals surface area contributed by atoms with Crippen molar-refractivity contribution in [3.8, 4) is 12.3 Å². The molecule has 0 atom stereocenters. The summed E-state index contributed by atoms with van der Waals surface area (Å²) in [5, 5.41) is 8.88. The lowest BCUT2D eigenvalue weighted by Crippen LogP contribution is -2.06. The average Bonchev–Trinajstić information content (AvgIpc) is 2.16. The van der Waals surface area contributed by atoms with Crippen LogP contribution in [0.1, 0.15) is 31.8 Å². The predicted octanol–water partition coefficient (Wildman–Crippen LogP) is 2.21. The Hall–Kier alpha value is -1.60. The lowest BCUT2D eigenvalue weighted by molar-refractivity contribution is 0.0693. The van der Waals surface area contributed by atoms with E-state index in [9.17, 15) is 9.59 Å². The van der Waals surface area contributed by atoms with Crippen molar-refractivity contribution >= 4 is 26.6 Å². The van der Waals surface area contributed by atoms with Crippen molar-refractivity contribution in [2.45, 2.75) is 6.92 Å². The molecule has 1 rings (SSSR count). The maximum Gasteiger partial charge on any atom is 0.336 e. The van der Waals surface area contributed by atoms with Crippen LogP contribution in [0.5, 0.6) is 0 Å². The number of hydrogen-bond donors (Lipinski definition) is 1. The molecule has 0 radical (unpaired) electrons. The smallest absolute Gasteiger partial charge is 0.336 e. The quantitative estimate of drug-likeness (QED) is 0.660. The summed E-state index contributed by atoms with van der Waals surface area (Å²) in [6, 6.07) is 2.79. The summed E-state index contributed by atoms with van der Waals surface area (Å²) in [5.41, 5.74) is 1.20. The highest BCUT2D eigenvalue weighted by molar-refractivity contribution is 9.18. The number of carbonyl (C=O) groups is 2. The normalized spacial score (nSPS) is 9.40. The Balaban J connectivity index is 3.54. The van der Waals surface area contributed by atoms with Crippen LogP contribution in [0, 0.1) is 19.3 Å². The number of rotatable bonds is 2. The summed E-state index contributed by atoms with van der Waals surface area (Å²) in [4.78, 5) is 22.0. The van der Waals surface area contributed by atoms with Crippen LogP contribution in [0.15, 0.2) is 12.1 Å². The van der Waals surface area contributed by atoms with Gasteiger partial charge >= 0.3 is 5.97 Å². The van der Waals surface area contributed by atoms with Gasteiger partial charge in [0.05, 0.1) is 5.56 Å². The van der Waals surface area contributed by atoms with Crippen molar-refractivity contribution in [1.82, 2.24) is 0 Å². The molecule has 0 saturated heterocycles. The first-order chi connectivity index (χ1) is 6.97. The Morgan fingerprint density at radius 1 is 1.40 bits per heavy atom. The van der Waals surface area contributed by atoms with E-state index >= 15 is 0 Å². The van der Waals surface area contributed by atoms with E-state index in [4.69, 9.17) is 11.5 Å². The number of benzene rings is 1. The lowest BCUT2D eigenvalue weighted by atomic mass is 10.0. The molecule has 0 saturated carbocycles. The van der Waals surface area contributed by atoms with Crippen LogP contribution >= 0.6 is 15.9 Å². The molecular weight excluding hydrogens is 260 g/mol. The van der Waals surface area contributed by atoms with Gasteiger partial charge in [-0.3, -0.25) is 4.79 Å². The van der Waals surface area contributed by atoms with E-state index in [1.165, 1.54) is 12.1 Å². The fraction of sp³-hybridized carbons (Fsp3) is 0.0909. The molecule has 0 aliphatic carbocycles. The van der Waals surface area contributed by atoms with Gasteiger partial charge in [0.25, 0.3) is 0 Å². The van der Waals surface area contributed by atoms with E-state index in [1.807, 2.05) is 0 Å². The molecule has 15 heavy (non-hydrogen) atoms. The number of carboxylic acids is 1. The zero-order valence-electron chi connectivity index (χ0n) is 7.87.